The van der Waals surface area contributed by atoms with Gasteiger partial charge in [0.15, 0.2) is 0 Å². The van der Waals surface area contributed by atoms with Crippen molar-refractivity contribution >= 4 is 5.97 Å². The van der Waals surface area contributed by atoms with Crippen LogP contribution in [0.15, 0.2) is 12.1 Å². The lowest BCUT2D eigenvalue weighted by atomic mass is 9.88. The molecule has 3 nitrogen and oxygen atoms in total. The van der Waals surface area contributed by atoms with Gasteiger partial charge >= 0.3 is 5.97 Å². The highest BCUT2D eigenvalue weighted by Gasteiger charge is 2.21. The molecular formula is C13H16FNO2. The third-order valence-electron chi connectivity index (χ3n) is 3.35. The zero-order valence-electron chi connectivity index (χ0n) is 9.79. The van der Waals surface area contributed by atoms with Gasteiger partial charge in [-0.05, 0) is 62.0 Å². The molecule has 0 amide bonds. The smallest absolute Gasteiger partial charge is 0.335 e. The number of rotatable bonds is 2. The molecule has 0 unspecified atom stereocenters. The minimum atomic E-state index is -0.988. The fourth-order valence-electron chi connectivity index (χ4n) is 2.37. The van der Waals surface area contributed by atoms with Gasteiger partial charge < -0.3 is 10.4 Å². The second-order valence-electron chi connectivity index (χ2n) is 4.52. The molecule has 0 radical (unpaired) electrons. The Bertz CT molecular complexity index is 439. The maximum absolute atomic E-state index is 13.9. The Morgan fingerprint density at radius 3 is 2.65 bits per heavy atom. The molecule has 4 heteroatoms. The quantitative estimate of drug-likeness (QED) is 0.829. The second-order valence-corrected chi connectivity index (χ2v) is 4.52. The van der Waals surface area contributed by atoms with Gasteiger partial charge in [-0.25, -0.2) is 9.18 Å². The Kier molecular flexibility index (Phi) is 3.43. The van der Waals surface area contributed by atoms with Gasteiger partial charge in [-0.15, -0.1) is 0 Å². The first-order valence-electron chi connectivity index (χ1n) is 5.83. The predicted octanol–water partition coefficient (Wildman–Crippen LogP) is 2.30. The Morgan fingerprint density at radius 1 is 1.41 bits per heavy atom. The average molecular weight is 237 g/mol. The number of nitrogens with one attached hydrogen (secondary N) is 1. The maximum Gasteiger partial charge on any atom is 0.335 e. The molecule has 0 bridgehead atoms. The van der Waals surface area contributed by atoms with E-state index in [0.717, 1.165) is 25.9 Å². The molecule has 1 aliphatic rings. The third-order valence-corrected chi connectivity index (χ3v) is 3.35. The summed E-state index contributed by atoms with van der Waals surface area (Å²) < 4.78 is 13.9. The van der Waals surface area contributed by atoms with E-state index in [9.17, 15) is 9.18 Å². The van der Waals surface area contributed by atoms with Crippen LogP contribution in [-0.2, 0) is 0 Å². The molecule has 2 N–H and O–H groups in total. The minimum absolute atomic E-state index is 0.134. The molecule has 17 heavy (non-hydrogen) atoms. The summed E-state index contributed by atoms with van der Waals surface area (Å²) in [5.41, 5.74) is 1.24. The molecule has 0 aliphatic carbocycles. The van der Waals surface area contributed by atoms with Crippen LogP contribution in [0.25, 0.3) is 0 Å². The summed E-state index contributed by atoms with van der Waals surface area (Å²) in [6, 6.07) is 2.84. The number of piperidine rings is 1. The molecule has 0 saturated carbocycles. The van der Waals surface area contributed by atoms with Gasteiger partial charge in [-0.2, -0.15) is 0 Å². The highest BCUT2D eigenvalue weighted by Crippen LogP contribution is 2.29. The summed E-state index contributed by atoms with van der Waals surface area (Å²) in [4.78, 5) is 11.0. The fraction of sp³-hybridized carbons (Fsp3) is 0.462. The molecule has 0 atom stereocenters. The molecule has 1 aliphatic heterocycles. The van der Waals surface area contributed by atoms with Gasteiger partial charge in [0.2, 0.25) is 0 Å². The van der Waals surface area contributed by atoms with Gasteiger partial charge in [0.1, 0.15) is 5.82 Å². The Morgan fingerprint density at radius 2 is 2.06 bits per heavy atom. The van der Waals surface area contributed by atoms with Crippen LogP contribution in [0.3, 0.4) is 0 Å². The topological polar surface area (TPSA) is 49.3 Å². The summed E-state index contributed by atoms with van der Waals surface area (Å²) in [7, 11) is 0. The van der Waals surface area contributed by atoms with Gasteiger partial charge in [0.25, 0.3) is 0 Å². The number of aromatic carboxylic acids is 1. The molecule has 1 aromatic carbocycles. The lowest BCUT2D eigenvalue weighted by Gasteiger charge is -2.24. The van der Waals surface area contributed by atoms with Crippen molar-refractivity contribution in [2.24, 2.45) is 0 Å². The van der Waals surface area contributed by atoms with E-state index >= 15 is 0 Å². The van der Waals surface area contributed by atoms with Crippen molar-refractivity contribution in [1.29, 1.82) is 0 Å². The first-order chi connectivity index (χ1) is 8.09. The molecular weight excluding hydrogens is 221 g/mol. The van der Waals surface area contributed by atoms with Crippen molar-refractivity contribution in [3.63, 3.8) is 0 Å². The molecule has 1 fully saturated rings. The largest absolute Gasteiger partial charge is 0.478 e. The lowest BCUT2D eigenvalue weighted by molar-refractivity contribution is 0.0696. The van der Waals surface area contributed by atoms with E-state index in [0.29, 0.717) is 11.1 Å². The number of carboxylic acid groups (broad SMARTS) is 1. The zero-order valence-corrected chi connectivity index (χ0v) is 9.79. The number of carboxylic acids is 1. The van der Waals surface area contributed by atoms with Gasteiger partial charge in [-0.1, -0.05) is 0 Å². The van der Waals surface area contributed by atoms with Gasteiger partial charge in [0, 0.05) is 0 Å². The summed E-state index contributed by atoms with van der Waals surface area (Å²) in [6.07, 6.45) is 1.72. The van der Waals surface area contributed by atoms with Crippen LogP contribution in [0.4, 0.5) is 4.39 Å². The van der Waals surface area contributed by atoms with Gasteiger partial charge in [-0.3, -0.25) is 0 Å². The number of benzene rings is 1. The van der Waals surface area contributed by atoms with Crippen molar-refractivity contribution in [3.05, 3.63) is 34.6 Å². The Labute approximate surface area is 99.7 Å². The SMILES string of the molecule is Cc1cc(F)c(C2CCNCC2)cc1C(=O)O. The van der Waals surface area contributed by atoms with Crippen LogP contribution in [0.5, 0.6) is 0 Å². The first-order valence-corrected chi connectivity index (χ1v) is 5.83. The third kappa shape index (κ3) is 2.47. The molecule has 0 spiro atoms. The number of carbonyl (C=O) groups is 1. The summed E-state index contributed by atoms with van der Waals surface area (Å²) in [5, 5.41) is 12.3. The van der Waals surface area contributed by atoms with Crippen molar-refractivity contribution in [1.82, 2.24) is 5.32 Å². The first kappa shape index (κ1) is 12.0. The molecule has 2 rings (SSSR count). The maximum atomic E-state index is 13.9. The molecule has 1 saturated heterocycles. The lowest BCUT2D eigenvalue weighted by Crippen LogP contribution is -2.27. The highest BCUT2D eigenvalue weighted by atomic mass is 19.1. The van der Waals surface area contributed by atoms with Crippen LogP contribution in [0.2, 0.25) is 0 Å². The summed E-state index contributed by atoms with van der Waals surface area (Å²) in [6.45, 7) is 3.35. The standard InChI is InChI=1S/C13H16FNO2/c1-8-6-12(14)11(7-10(8)13(16)17)9-2-4-15-5-3-9/h6-7,9,15H,2-5H2,1H3,(H,16,17). The molecule has 1 aromatic rings. The van der Waals surface area contributed by atoms with Crippen LogP contribution >= 0.6 is 0 Å². The number of halogens is 1. The van der Waals surface area contributed by atoms with Crippen LogP contribution in [0, 0.1) is 12.7 Å². The normalized spacial score (nSPS) is 17.1. The van der Waals surface area contributed by atoms with Gasteiger partial charge in [0.05, 0.1) is 5.56 Å². The van der Waals surface area contributed by atoms with E-state index in [1.54, 1.807) is 6.92 Å². The summed E-state index contributed by atoms with van der Waals surface area (Å²) in [5.74, 6) is -1.13. The van der Waals surface area contributed by atoms with E-state index in [2.05, 4.69) is 5.32 Å². The fourth-order valence-corrected chi connectivity index (χ4v) is 2.37. The van der Waals surface area contributed by atoms with E-state index < -0.39 is 5.97 Å². The minimum Gasteiger partial charge on any atom is -0.478 e. The monoisotopic (exact) mass is 237 g/mol. The number of hydrogen-bond acceptors (Lipinski definition) is 2. The van der Waals surface area contributed by atoms with Crippen LogP contribution < -0.4 is 5.32 Å². The Balaban J connectivity index is 2.38. The average Bonchev–Trinajstić information content (AvgIpc) is 2.29. The number of hydrogen-bond donors (Lipinski definition) is 2. The van der Waals surface area contributed by atoms with E-state index in [1.165, 1.54) is 12.1 Å². The Hall–Kier alpha value is -1.42. The summed E-state index contributed by atoms with van der Waals surface area (Å²) >= 11 is 0. The van der Waals surface area contributed by atoms with Crippen molar-refractivity contribution < 1.29 is 14.3 Å². The van der Waals surface area contributed by atoms with Crippen molar-refractivity contribution in [2.45, 2.75) is 25.7 Å². The molecule has 1 heterocycles. The molecule has 0 aromatic heterocycles. The van der Waals surface area contributed by atoms with Crippen LogP contribution in [0.1, 0.15) is 40.2 Å². The van der Waals surface area contributed by atoms with Crippen molar-refractivity contribution in [3.8, 4) is 0 Å². The van der Waals surface area contributed by atoms with E-state index in [1.807, 2.05) is 0 Å². The van der Waals surface area contributed by atoms with E-state index in [-0.39, 0.29) is 17.3 Å². The number of aryl methyl sites for hydroxylation is 1. The predicted molar refractivity (Wildman–Crippen MR) is 62.9 cm³/mol. The van der Waals surface area contributed by atoms with Crippen molar-refractivity contribution in [2.75, 3.05) is 13.1 Å². The zero-order chi connectivity index (χ0) is 12.4. The highest BCUT2D eigenvalue weighted by molar-refractivity contribution is 5.89. The second kappa shape index (κ2) is 4.84. The van der Waals surface area contributed by atoms with E-state index in [4.69, 9.17) is 5.11 Å². The molecule has 92 valence electrons. The van der Waals surface area contributed by atoms with Crippen LogP contribution in [-0.4, -0.2) is 24.2 Å².